The molecule has 0 atom stereocenters. The van der Waals surface area contributed by atoms with Gasteiger partial charge >= 0.3 is 5.97 Å². The summed E-state index contributed by atoms with van der Waals surface area (Å²) in [4.78, 5) is 11.1. The molecular weight excluding hydrogens is 288 g/mol. The third-order valence-corrected chi connectivity index (χ3v) is 3.16. The minimum absolute atomic E-state index is 0.0340. The maximum Gasteiger partial charge on any atom is 0.356 e. The van der Waals surface area contributed by atoms with Gasteiger partial charge in [-0.15, -0.1) is 0 Å². The first-order valence-corrected chi connectivity index (χ1v) is 6.68. The number of aromatic carboxylic acids is 1. The van der Waals surface area contributed by atoms with Crippen molar-refractivity contribution in [2.24, 2.45) is 7.05 Å². The summed E-state index contributed by atoms with van der Waals surface area (Å²) in [5.41, 5.74) is 1.25. The highest BCUT2D eigenvalue weighted by Crippen LogP contribution is 2.40. The second kappa shape index (κ2) is 6.38. The average Bonchev–Trinajstić information content (AvgIpc) is 2.89. The van der Waals surface area contributed by atoms with E-state index in [1.165, 1.54) is 17.9 Å². The van der Waals surface area contributed by atoms with Gasteiger partial charge in [-0.2, -0.15) is 5.10 Å². The second-order valence-electron chi connectivity index (χ2n) is 4.48. The Bertz CT molecular complexity index is 693. The van der Waals surface area contributed by atoms with Crippen molar-refractivity contribution in [1.82, 2.24) is 9.78 Å². The lowest BCUT2D eigenvalue weighted by molar-refractivity contribution is 0.0689. The standard InChI is InChI=1S/C15H18N2O5/c1-5-22-14-6-9(12(20-3)8-13(14)21-4)11-7-10(15(18)19)16-17(11)2/h6-8H,5H2,1-4H3,(H,18,19). The third kappa shape index (κ3) is 2.83. The van der Waals surface area contributed by atoms with Gasteiger partial charge in [0.05, 0.1) is 26.5 Å². The maximum absolute atomic E-state index is 11.1. The van der Waals surface area contributed by atoms with Gasteiger partial charge < -0.3 is 19.3 Å². The zero-order valence-electron chi connectivity index (χ0n) is 12.9. The number of methoxy groups -OCH3 is 2. The molecule has 1 N–H and O–H groups in total. The molecule has 2 aromatic rings. The molecule has 0 amide bonds. The van der Waals surface area contributed by atoms with Gasteiger partial charge in [-0.25, -0.2) is 4.79 Å². The molecule has 0 aliphatic carbocycles. The number of rotatable bonds is 6. The van der Waals surface area contributed by atoms with Gasteiger partial charge in [0, 0.05) is 18.7 Å². The van der Waals surface area contributed by atoms with Crippen molar-refractivity contribution in [1.29, 1.82) is 0 Å². The molecule has 0 bridgehead atoms. The van der Waals surface area contributed by atoms with E-state index in [0.717, 1.165) is 0 Å². The number of carboxylic acid groups (broad SMARTS) is 1. The van der Waals surface area contributed by atoms with Crippen LogP contribution in [-0.4, -0.2) is 41.7 Å². The van der Waals surface area contributed by atoms with Crippen molar-refractivity contribution in [2.45, 2.75) is 6.92 Å². The number of hydrogen-bond donors (Lipinski definition) is 1. The van der Waals surface area contributed by atoms with Crippen LogP contribution in [0.4, 0.5) is 0 Å². The van der Waals surface area contributed by atoms with E-state index >= 15 is 0 Å². The fourth-order valence-corrected chi connectivity index (χ4v) is 2.16. The van der Waals surface area contributed by atoms with Gasteiger partial charge in [-0.1, -0.05) is 0 Å². The quantitative estimate of drug-likeness (QED) is 0.881. The Morgan fingerprint density at radius 3 is 2.36 bits per heavy atom. The number of benzene rings is 1. The van der Waals surface area contributed by atoms with Gasteiger partial charge in [0.2, 0.25) is 0 Å². The molecule has 2 rings (SSSR count). The fraction of sp³-hybridized carbons (Fsp3) is 0.333. The Hall–Kier alpha value is -2.70. The summed E-state index contributed by atoms with van der Waals surface area (Å²) >= 11 is 0. The smallest absolute Gasteiger partial charge is 0.356 e. The van der Waals surface area contributed by atoms with Crippen molar-refractivity contribution in [3.8, 4) is 28.5 Å². The second-order valence-corrected chi connectivity index (χ2v) is 4.48. The van der Waals surface area contributed by atoms with Crippen LogP contribution >= 0.6 is 0 Å². The summed E-state index contributed by atoms with van der Waals surface area (Å²) in [6.45, 7) is 2.35. The molecule has 22 heavy (non-hydrogen) atoms. The summed E-state index contributed by atoms with van der Waals surface area (Å²) in [6, 6.07) is 4.94. The molecule has 0 fully saturated rings. The fourth-order valence-electron chi connectivity index (χ4n) is 2.16. The van der Waals surface area contributed by atoms with Crippen LogP contribution in [0.1, 0.15) is 17.4 Å². The Morgan fingerprint density at radius 2 is 1.86 bits per heavy atom. The zero-order valence-corrected chi connectivity index (χ0v) is 12.9. The molecule has 0 spiro atoms. The monoisotopic (exact) mass is 306 g/mol. The summed E-state index contributed by atoms with van der Waals surface area (Å²) < 4.78 is 17.7. The average molecular weight is 306 g/mol. The highest BCUT2D eigenvalue weighted by atomic mass is 16.5. The van der Waals surface area contributed by atoms with Crippen molar-refractivity contribution in [3.05, 3.63) is 23.9 Å². The lowest BCUT2D eigenvalue weighted by Crippen LogP contribution is -2.01. The van der Waals surface area contributed by atoms with E-state index in [9.17, 15) is 4.79 Å². The minimum Gasteiger partial charge on any atom is -0.496 e. The van der Waals surface area contributed by atoms with Crippen LogP contribution in [0, 0.1) is 0 Å². The Morgan fingerprint density at radius 1 is 1.18 bits per heavy atom. The van der Waals surface area contributed by atoms with Gasteiger partial charge in [-0.3, -0.25) is 4.68 Å². The topological polar surface area (TPSA) is 82.8 Å². The largest absolute Gasteiger partial charge is 0.496 e. The molecule has 0 aliphatic rings. The molecule has 1 aromatic heterocycles. The van der Waals surface area contributed by atoms with E-state index in [1.54, 1.807) is 26.3 Å². The van der Waals surface area contributed by atoms with Crippen LogP contribution in [0.15, 0.2) is 18.2 Å². The summed E-state index contributed by atoms with van der Waals surface area (Å²) in [5.74, 6) is 0.557. The molecule has 7 nitrogen and oxygen atoms in total. The predicted octanol–water partition coefficient (Wildman–Crippen LogP) is 2.20. The van der Waals surface area contributed by atoms with E-state index < -0.39 is 5.97 Å². The van der Waals surface area contributed by atoms with Gasteiger partial charge in [-0.05, 0) is 19.1 Å². The highest BCUT2D eigenvalue weighted by molar-refractivity contribution is 5.87. The molecule has 1 heterocycles. The van der Waals surface area contributed by atoms with Gasteiger partial charge in [0.15, 0.2) is 17.2 Å². The van der Waals surface area contributed by atoms with Gasteiger partial charge in [0.25, 0.3) is 0 Å². The third-order valence-electron chi connectivity index (χ3n) is 3.16. The normalized spacial score (nSPS) is 10.4. The molecule has 0 saturated heterocycles. The first-order chi connectivity index (χ1) is 10.5. The molecule has 0 unspecified atom stereocenters. The lowest BCUT2D eigenvalue weighted by Gasteiger charge is -2.15. The van der Waals surface area contributed by atoms with Crippen LogP contribution in [0.3, 0.4) is 0 Å². The SMILES string of the molecule is CCOc1cc(-c2cc(C(=O)O)nn2C)c(OC)cc1OC. The van der Waals surface area contributed by atoms with Crippen LogP contribution < -0.4 is 14.2 Å². The first kappa shape index (κ1) is 15.7. The van der Waals surface area contributed by atoms with E-state index in [2.05, 4.69) is 5.10 Å². The first-order valence-electron chi connectivity index (χ1n) is 6.68. The molecule has 0 saturated carbocycles. The summed E-state index contributed by atoms with van der Waals surface area (Å²) in [5, 5.41) is 13.0. The van der Waals surface area contributed by atoms with Crippen molar-refractivity contribution >= 4 is 5.97 Å². The van der Waals surface area contributed by atoms with Gasteiger partial charge in [0.1, 0.15) is 5.75 Å². The van der Waals surface area contributed by atoms with E-state index in [4.69, 9.17) is 19.3 Å². The summed E-state index contributed by atoms with van der Waals surface area (Å²) in [7, 11) is 4.75. The predicted molar refractivity (Wildman–Crippen MR) is 79.9 cm³/mol. The zero-order chi connectivity index (χ0) is 16.3. The number of carbonyl (C=O) groups is 1. The van der Waals surface area contributed by atoms with Crippen molar-refractivity contribution < 1.29 is 24.1 Å². The number of nitrogens with zero attached hydrogens (tertiary/aromatic N) is 2. The molecule has 0 radical (unpaired) electrons. The highest BCUT2D eigenvalue weighted by Gasteiger charge is 2.19. The van der Waals surface area contributed by atoms with E-state index in [-0.39, 0.29) is 5.69 Å². The minimum atomic E-state index is -1.08. The molecule has 118 valence electrons. The molecule has 7 heteroatoms. The molecule has 0 aliphatic heterocycles. The number of aromatic nitrogens is 2. The van der Waals surface area contributed by atoms with E-state index in [1.807, 2.05) is 6.92 Å². The number of carboxylic acids is 1. The lowest BCUT2D eigenvalue weighted by atomic mass is 10.1. The van der Waals surface area contributed by atoms with Crippen LogP contribution in [0.25, 0.3) is 11.3 Å². The van der Waals surface area contributed by atoms with Crippen molar-refractivity contribution in [3.63, 3.8) is 0 Å². The molecular formula is C15H18N2O5. The number of aryl methyl sites for hydroxylation is 1. The van der Waals surface area contributed by atoms with Crippen LogP contribution in [0.2, 0.25) is 0 Å². The Balaban J connectivity index is 2.62. The number of ether oxygens (including phenoxy) is 3. The maximum atomic E-state index is 11.1. The van der Waals surface area contributed by atoms with Crippen LogP contribution in [-0.2, 0) is 7.05 Å². The van der Waals surface area contributed by atoms with Crippen LogP contribution in [0.5, 0.6) is 17.2 Å². The van der Waals surface area contributed by atoms with Crippen molar-refractivity contribution in [2.75, 3.05) is 20.8 Å². The summed E-state index contributed by atoms with van der Waals surface area (Å²) in [6.07, 6.45) is 0. The number of hydrogen-bond acceptors (Lipinski definition) is 5. The molecule has 1 aromatic carbocycles. The van der Waals surface area contributed by atoms with E-state index in [0.29, 0.717) is 35.1 Å². The Labute approximate surface area is 128 Å². The Kier molecular flexibility index (Phi) is 4.55.